The summed E-state index contributed by atoms with van der Waals surface area (Å²) in [5.41, 5.74) is 0.752. The SMILES string of the molecule is COC(=O)[C@@H](C)Nc1cnn(C(C)(C)C)c1. The summed E-state index contributed by atoms with van der Waals surface area (Å²) in [6.45, 7) is 7.94. The fourth-order valence-corrected chi connectivity index (χ4v) is 1.25. The Morgan fingerprint density at radius 1 is 1.56 bits per heavy atom. The molecule has 5 nitrogen and oxygen atoms in total. The van der Waals surface area contributed by atoms with Gasteiger partial charge in [-0.3, -0.25) is 4.68 Å². The molecule has 0 spiro atoms. The first-order valence-corrected chi connectivity index (χ1v) is 5.24. The second-order valence-electron chi connectivity index (χ2n) is 4.73. The summed E-state index contributed by atoms with van der Waals surface area (Å²) in [6, 6.07) is -0.373. The molecule has 16 heavy (non-hydrogen) atoms. The Kier molecular flexibility index (Phi) is 3.57. The van der Waals surface area contributed by atoms with Crippen molar-refractivity contribution in [1.29, 1.82) is 0 Å². The van der Waals surface area contributed by atoms with Crippen LogP contribution in [-0.4, -0.2) is 28.9 Å². The van der Waals surface area contributed by atoms with Gasteiger partial charge in [0, 0.05) is 6.20 Å². The molecule has 1 atom stereocenters. The number of ether oxygens (including phenoxy) is 1. The number of carbonyl (C=O) groups excluding carboxylic acids is 1. The van der Waals surface area contributed by atoms with Crippen molar-refractivity contribution in [3.05, 3.63) is 12.4 Å². The van der Waals surface area contributed by atoms with Crippen LogP contribution >= 0.6 is 0 Å². The van der Waals surface area contributed by atoms with Crippen molar-refractivity contribution in [2.75, 3.05) is 12.4 Å². The van der Waals surface area contributed by atoms with Crippen molar-refractivity contribution in [1.82, 2.24) is 9.78 Å². The van der Waals surface area contributed by atoms with E-state index in [1.54, 1.807) is 13.1 Å². The Bertz CT molecular complexity index is 366. The van der Waals surface area contributed by atoms with E-state index in [9.17, 15) is 4.79 Å². The highest BCUT2D eigenvalue weighted by Gasteiger charge is 2.16. The van der Waals surface area contributed by atoms with Crippen molar-refractivity contribution >= 4 is 11.7 Å². The van der Waals surface area contributed by atoms with Crippen molar-refractivity contribution in [3.8, 4) is 0 Å². The van der Waals surface area contributed by atoms with E-state index >= 15 is 0 Å². The molecule has 0 bridgehead atoms. The second kappa shape index (κ2) is 4.55. The average Bonchev–Trinajstić information content (AvgIpc) is 2.64. The van der Waals surface area contributed by atoms with Crippen LogP contribution in [0.4, 0.5) is 5.69 Å². The maximum atomic E-state index is 11.2. The number of carbonyl (C=O) groups is 1. The van der Waals surface area contributed by atoms with Crippen LogP contribution < -0.4 is 5.32 Å². The van der Waals surface area contributed by atoms with Gasteiger partial charge in [-0.05, 0) is 27.7 Å². The molecule has 0 aliphatic heterocycles. The lowest BCUT2D eigenvalue weighted by molar-refractivity contribution is -0.141. The molecule has 1 aromatic heterocycles. The first kappa shape index (κ1) is 12.5. The van der Waals surface area contributed by atoms with Crippen LogP contribution in [0.15, 0.2) is 12.4 Å². The van der Waals surface area contributed by atoms with Gasteiger partial charge in [-0.2, -0.15) is 5.10 Å². The van der Waals surface area contributed by atoms with E-state index < -0.39 is 0 Å². The summed E-state index contributed by atoms with van der Waals surface area (Å²) in [7, 11) is 1.37. The summed E-state index contributed by atoms with van der Waals surface area (Å²) in [4.78, 5) is 11.2. The molecule has 0 aliphatic rings. The van der Waals surface area contributed by atoms with Gasteiger partial charge in [0.15, 0.2) is 0 Å². The number of anilines is 1. The lowest BCUT2D eigenvalue weighted by Crippen LogP contribution is -2.27. The third kappa shape index (κ3) is 2.98. The number of esters is 1. The summed E-state index contributed by atoms with van der Waals surface area (Å²) in [5, 5.41) is 7.25. The van der Waals surface area contributed by atoms with Crippen LogP contribution in [0.2, 0.25) is 0 Å². The van der Waals surface area contributed by atoms with Gasteiger partial charge >= 0.3 is 5.97 Å². The lowest BCUT2D eigenvalue weighted by atomic mass is 10.1. The predicted octanol–water partition coefficient (Wildman–Crippen LogP) is 1.61. The zero-order chi connectivity index (χ0) is 12.3. The second-order valence-corrected chi connectivity index (χ2v) is 4.73. The quantitative estimate of drug-likeness (QED) is 0.794. The molecule has 0 saturated heterocycles. The maximum Gasteiger partial charge on any atom is 0.327 e. The molecule has 0 saturated carbocycles. The van der Waals surface area contributed by atoms with E-state index in [0.29, 0.717) is 0 Å². The number of hydrogen-bond acceptors (Lipinski definition) is 4. The number of aromatic nitrogens is 2. The molecule has 5 heteroatoms. The predicted molar refractivity (Wildman–Crippen MR) is 62.3 cm³/mol. The molecule has 0 amide bonds. The number of methoxy groups -OCH3 is 1. The maximum absolute atomic E-state index is 11.2. The Labute approximate surface area is 95.8 Å². The summed E-state index contributed by atoms with van der Waals surface area (Å²) in [6.07, 6.45) is 3.57. The highest BCUT2D eigenvalue weighted by molar-refractivity contribution is 5.78. The molecule has 1 N–H and O–H groups in total. The van der Waals surface area contributed by atoms with Crippen LogP contribution in [0.5, 0.6) is 0 Å². The largest absolute Gasteiger partial charge is 0.467 e. The van der Waals surface area contributed by atoms with Gasteiger partial charge in [-0.25, -0.2) is 4.79 Å². The van der Waals surface area contributed by atoms with E-state index in [1.165, 1.54) is 7.11 Å². The molecule has 0 aliphatic carbocycles. The van der Waals surface area contributed by atoms with Gasteiger partial charge in [0.25, 0.3) is 0 Å². The fourth-order valence-electron chi connectivity index (χ4n) is 1.25. The van der Waals surface area contributed by atoms with Crippen LogP contribution in [0.25, 0.3) is 0 Å². The monoisotopic (exact) mass is 225 g/mol. The number of rotatable bonds is 3. The van der Waals surface area contributed by atoms with Crippen LogP contribution in [0.1, 0.15) is 27.7 Å². The van der Waals surface area contributed by atoms with Gasteiger partial charge in [0.05, 0.1) is 24.5 Å². The Morgan fingerprint density at radius 2 is 2.19 bits per heavy atom. The molecule has 0 unspecified atom stereocenters. The summed E-state index contributed by atoms with van der Waals surface area (Å²) >= 11 is 0. The minimum atomic E-state index is -0.373. The molecule has 0 fully saturated rings. The number of nitrogens with one attached hydrogen (secondary N) is 1. The van der Waals surface area contributed by atoms with Gasteiger partial charge in [-0.1, -0.05) is 0 Å². The van der Waals surface area contributed by atoms with Crippen LogP contribution in [-0.2, 0) is 15.1 Å². The Balaban J connectivity index is 2.69. The van der Waals surface area contributed by atoms with E-state index in [0.717, 1.165) is 5.69 Å². The Hall–Kier alpha value is -1.52. The van der Waals surface area contributed by atoms with Crippen molar-refractivity contribution in [2.45, 2.75) is 39.3 Å². The molecule has 1 heterocycles. The normalized spacial score (nSPS) is 13.3. The van der Waals surface area contributed by atoms with Crippen molar-refractivity contribution in [2.24, 2.45) is 0 Å². The average molecular weight is 225 g/mol. The van der Waals surface area contributed by atoms with E-state index in [-0.39, 0.29) is 17.6 Å². The minimum Gasteiger partial charge on any atom is -0.467 e. The molecular formula is C11H19N3O2. The first-order valence-electron chi connectivity index (χ1n) is 5.24. The first-order chi connectivity index (χ1) is 7.34. The Morgan fingerprint density at radius 3 is 2.62 bits per heavy atom. The molecule has 0 radical (unpaired) electrons. The zero-order valence-corrected chi connectivity index (χ0v) is 10.4. The third-order valence-corrected chi connectivity index (χ3v) is 2.21. The number of nitrogens with zero attached hydrogens (tertiary/aromatic N) is 2. The van der Waals surface area contributed by atoms with E-state index in [2.05, 4.69) is 35.9 Å². The molecular weight excluding hydrogens is 206 g/mol. The van der Waals surface area contributed by atoms with Gasteiger partial charge in [0.1, 0.15) is 6.04 Å². The van der Waals surface area contributed by atoms with Crippen LogP contribution in [0.3, 0.4) is 0 Å². The lowest BCUT2D eigenvalue weighted by Gasteiger charge is -2.18. The minimum absolute atomic E-state index is 0.0611. The van der Waals surface area contributed by atoms with Gasteiger partial charge < -0.3 is 10.1 Å². The van der Waals surface area contributed by atoms with Crippen LogP contribution in [0, 0.1) is 0 Å². The highest BCUT2D eigenvalue weighted by Crippen LogP contribution is 2.16. The van der Waals surface area contributed by atoms with Crippen molar-refractivity contribution < 1.29 is 9.53 Å². The highest BCUT2D eigenvalue weighted by atomic mass is 16.5. The van der Waals surface area contributed by atoms with Crippen molar-refractivity contribution in [3.63, 3.8) is 0 Å². The van der Waals surface area contributed by atoms with E-state index in [4.69, 9.17) is 0 Å². The fraction of sp³-hybridized carbons (Fsp3) is 0.636. The van der Waals surface area contributed by atoms with E-state index in [1.807, 2.05) is 10.9 Å². The zero-order valence-electron chi connectivity index (χ0n) is 10.4. The summed E-state index contributed by atoms with van der Waals surface area (Å²) < 4.78 is 6.48. The van der Waals surface area contributed by atoms with Gasteiger partial charge in [0.2, 0.25) is 0 Å². The molecule has 1 rings (SSSR count). The standard InChI is InChI=1S/C11H19N3O2/c1-8(10(15)16-5)13-9-6-12-14(7-9)11(2,3)4/h6-8,13H,1-5H3/t8-/m1/s1. The summed E-state index contributed by atoms with van der Waals surface area (Å²) in [5.74, 6) is -0.288. The topological polar surface area (TPSA) is 56.1 Å². The molecule has 0 aromatic carbocycles. The number of hydrogen-bond donors (Lipinski definition) is 1. The molecule has 90 valence electrons. The van der Waals surface area contributed by atoms with Gasteiger partial charge in [-0.15, -0.1) is 0 Å². The molecule has 1 aromatic rings. The third-order valence-electron chi connectivity index (χ3n) is 2.21. The smallest absolute Gasteiger partial charge is 0.327 e.